The Morgan fingerprint density at radius 1 is 1.00 bits per heavy atom. The predicted molar refractivity (Wildman–Crippen MR) is 102 cm³/mol. The molecule has 0 unspecified atom stereocenters. The third-order valence-electron chi connectivity index (χ3n) is 4.63. The molecule has 0 aliphatic carbocycles. The van der Waals surface area contributed by atoms with Crippen molar-refractivity contribution in [3.05, 3.63) is 81.5 Å². The summed E-state index contributed by atoms with van der Waals surface area (Å²) in [5, 5.41) is 12.3. The second-order valence-corrected chi connectivity index (χ2v) is 8.35. The van der Waals surface area contributed by atoms with Crippen molar-refractivity contribution in [3.8, 4) is 5.75 Å². The van der Waals surface area contributed by atoms with Crippen molar-refractivity contribution in [2.24, 2.45) is 0 Å². The first-order valence-electron chi connectivity index (χ1n) is 8.28. The van der Waals surface area contributed by atoms with E-state index in [-0.39, 0.29) is 29.0 Å². The second-order valence-electron chi connectivity index (χ2n) is 6.38. The summed E-state index contributed by atoms with van der Waals surface area (Å²) < 4.78 is 25.2. The first-order valence-corrected chi connectivity index (χ1v) is 10.00. The van der Waals surface area contributed by atoms with Crippen LogP contribution in [0, 0.1) is 0 Å². The summed E-state index contributed by atoms with van der Waals surface area (Å²) in [6.45, 7) is 0.341. The fourth-order valence-corrected chi connectivity index (χ4v) is 4.66. The van der Waals surface area contributed by atoms with Crippen molar-refractivity contribution in [2.75, 3.05) is 5.75 Å². The predicted octanol–water partition coefficient (Wildman–Crippen LogP) is 2.91. The highest BCUT2D eigenvalue weighted by molar-refractivity contribution is 7.94. The number of benzene rings is 2. The maximum atomic E-state index is 13.2. The lowest BCUT2D eigenvalue weighted by molar-refractivity contribution is 0.477. The highest BCUT2D eigenvalue weighted by Crippen LogP contribution is 2.35. The van der Waals surface area contributed by atoms with Gasteiger partial charge in [0.2, 0.25) is 0 Å². The van der Waals surface area contributed by atoms with Crippen LogP contribution in [0.4, 0.5) is 0 Å². The van der Waals surface area contributed by atoms with E-state index in [4.69, 9.17) is 0 Å². The number of allylic oxidation sites excluding steroid dienone is 1. The zero-order valence-corrected chi connectivity index (χ0v) is 14.7. The normalized spacial score (nSPS) is 15.9. The molecular weight excluding hydrogens is 350 g/mol. The van der Waals surface area contributed by atoms with Crippen LogP contribution in [-0.2, 0) is 16.4 Å². The number of rotatable bonds is 3. The molecule has 0 spiro atoms. The van der Waals surface area contributed by atoms with Gasteiger partial charge in [0.15, 0.2) is 9.84 Å². The summed E-state index contributed by atoms with van der Waals surface area (Å²) >= 11 is 0. The number of aromatic nitrogens is 1. The average molecular weight is 367 g/mol. The molecule has 0 saturated heterocycles. The Bertz CT molecular complexity index is 1190. The van der Waals surface area contributed by atoms with Gasteiger partial charge >= 0.3 is 0 Å². The van der Waals surface area contributed by atoms with Crippen LogP contribution < -0.4 is 5.56 Å². The van der Waals surface area contributed by atoms with Gasteiger partial charge in [-0.2, -0.15) is 0 Å². The molecule has 3 aromatic rings. The summed E-state index contributed by atoms with van der Waals surface area (Å²) in [7, 11) is -3.32. The van der Waals surface area contributed by atoms with Crippen molar-refractivity contribution in [1.82, 2.24) is 4.57 Å². The molecule has 26 heavy (non-hydrogen) atoms. The minimum Gasteiger partial charge on any atom is -0.506 e. The summed E-state index contributed by atoms with van der Waals surface area (Å²) in [6, 6.07) is 16.7. The number of sulfone groups is 1. The van der Waals surface area contributed by atoms with Gasteiger partial charge in [-0.1, -0.05) is 42.5 Å². The largest absolute Gasteiger partial charge is 0.506 e. The molecule has 1 N–H and O–H groups in total. The van der Waals surface area contributed by atoms with Crippen molar-refractivity contribution in [3.63, 3.8) is 0 Å². The van der Waals surface area contributed by atoms with E-state index in [9.17, 15) is 18.3 Å². The lowest BCUT2D eigenvalue weighted by atomic mass is 10.0. The highest BCUT2D eigenvalue weighted by Gasteiger charge is 2.26. The molecule has 1 aliphatic heterocycles. The van der Waals surface area contributed by atoms with Crippen molar-refractivity contribution >= 4 is 26.3 Å². The van der Waals surface area contributed by atoms with Crippen molar-refractivity contribution in [2.45, 2.75) is 13.0 Å². The zero-order chi connectivity index (χ0) is 18.3. The third kappa shape index (κ3) is 2.82. The molecule has 0 atom stereocenters. The van der Waals surface area contributed by atoms with Crippen molar-refractivity contribution in [1.29, 1.82) is 0 Å². The molecule has 0 radical (unpaired) electrons. The molecule has 1 aliphatic rings. The summed E-state index contributed by atoms with van der Waals surface area (Å²) in [4.78, 5) is 13.2. The maximum absolute atomic E-state index is 13.2. The first-order chi connectivity index (χ1) is 12.5. The summed E-state index contributed by atoms with van der Waals surface area (Å²) in [6.07, 6.45) is 0.231. The maximum Gasteiger partial charge on any atom is 0.262 e. The van der Waals surface area contributed by atoms with Crippen LogP contribution in [0.5, 0.6) is 5.75 Å². The number of para-hydroxylation sites is 1. The Morgan fingerprint density at radius 2 is 1.69 bits per heavy atom. The molecule has 1 aromatic heterocycles. The van der Waals surface area contributed by atoms with Crippen molar-refractivity contribution < 1.29 is 13.5 Å². The Kier molecular flexibility index (Phi) is 3.92. The topological polar surface area (TPSA) is 76.4 Å². The van der Waals surface area contributed by atoms with Gasteiger partial charge in [-0.3, -0.25) is 4.79 Å². The Hall–Kier alpha value is -2.86. The van der Waals surface area contributed by atoms with Gasteiger partial charge in [-0.25, -0.2) is 8.42 Å². The van der Waals surface area contributed by atoms with Crippen LogP contribution in [0.25, 0.3) is 16.5 Å². The first kappa shape index (κ1) is 16.6. The number of hydrogen-bond donors (Lipinski definition) is 1. The van der Waals surface area contributed by atoms with Gasteiger partial charge in [0.05, 0.1) is 23.4 Å². The zero-order valence-electron chi connectivity index (χ0n) is 13.9. The fraction of sp³-hybridized carbons (Fsp3) is 0.150. The molecule has 4 rings (SSSR count). The lowest BCUT2D eigenvalue weighted by Crippen LogP contribution is -2.24. The molecule has 5 nitrogen and oxygen atoms in total. The molecular formula is C20H17NO4S. The van der Waals surface area contributed by atoms with Crippen LogP contribution in [0.3, 0.4) is 0 Å². The molecule has 0 amide bonds. The summed E-state index contributed by atoms with van der Waals surface area (Å²) in [5.74, 6) is -0.189. The highest BCUT2D eigenvalue weighted by atomic mass is 32.2. The molecule has 6 heteroatoms. The number of hydrogen-bond acceptors (Lipinski definition) is 4. The molecule has 2 aromatic carbocycles. The van der Waals surface area contributed by atoms with Gasteiger partial charge in [0.25, 0.3) is 5.56 Å². The van der Waals surface area contributed by atoms with Crippen LogP contribution in [0.15, 0.2) is 64.8 Å². The average Bonchev–Trinajstić information content (AvgIpc) is 2.99. The number of nitrogens with zero attached hydrogens (tertiary/aromatic N) is 1. The van der Waals surface area contributed by atoms with E-state index in [1.54, 1.807) is 22.8 Å². The molecule has 132 valence electrons. The molecule has 2 heterocycles. The van der Waals surface area contributed by atoms with E-state index in [1.807, 2.05) is 36.4 Å². The SMILES string of the molecule is O=c1c(C2=CS(=O)(=O)CC2)c(O)c2ccccc2n1Cc1ccccc1. The van der Waals surface area contributed by atoms with E-state index in [0.717, 1.165) is 11.0 Å². The van der Waals surface area contributed by atoms with Crippen LogP contribution >= 0.6 is 0 Å². The van der Waals surface area contributed by atoms with E-state index in [0.29, 0.717) is 23.0 Å². The quantitative estimate of drug-likeness (QED) is 0.772. The fourth-order valence-electron chi connectivity index (χ4n) is 3.37. The summed E-state index contributed by atoms with van der Waals surface area (Å²) in [5.41, 5.74) is 1.64. The van der Waals surface area contributed by atoms with Gasteiger partial charge in [-0.15, -0.1) is 0 Å². The second kappa shape index (κ2) is 6.14. The van der Waals surface area contributed by atoms with E-state index < -0.39 is 9.84 Å². The van der Waals surface area contributed by atoms with E-state index in [1.165, 1.54) is 0 Å². The minimum atomic E-state index is -3.32. The van der Waals surface area contributed by atoms with E-state index in [2.05, 4.69) is 0 Å². The minimum absolute atomic E-state index is 0.0350. The lowest BCUT2D eigenvalue weighted by Gasteiger charge is -2.15. The van der Waals surface area contributed by atoms with Crippen LogP contribution in [-0.4, -0.2) is 23.8 Å². The monoisotopic (exact) mass is 367 g/mol. The smallest absolute Gasteiger partial charge is 0.262 e. The van der Waals surface area contributed by atoms with Gasteiger partial charge in [0, 0.05) is 10.8 Å². The Labute approximate surface area is 150 Å². The van der Waals surface area contributed by atoms with E-state index >= 15 is 0 Å². The number of fused-ring (bicyclic) bond motifs is 1. The van der Waals surface area contributed by atoms with Gasteiger partial charge in [-0.05, 0) is 29.7 Å². The van der Waals surface area contributed by atoms with Gasteiger partial charge in [0.1, 0.15) is 5.75 Å². The Morgan fingerprint density at radius 3 is 2.38 bits per heavy atom. The third-order valence-corrected chi connectivity index (χ3v) is 6.04. The molecule has 0 fully saturated rings. The standard InChI is InChI=1S/C20H17NO4S/c22-19-16-8-4-5-9-17(16)21(12-14-6-2-1-3-7-14)20(23)18(19)15-10-11-26(24,25)13-15/h1-9,13,22H,10-12H2. The number of pyridine rings is 1. The van der Waals surface area contributed by atoms with Gasteiger partial charge < -0.3 is 9.67 Å². The Balaban J connectivity index is 2.01. The molecule has 0 bridgehead atoms. The molecule has 0 saturated carbocycles. The van der Waals surface area contributed by atoms with Crippen LogP contribution in [0.2, 0.25) is 0 Å². The number of aromatic hydroxyl groups is 1. The van der Waals surface area contributed by atoms with Crippen LogP contribution in [0.1, 0.15) is 17.5 Å².